The third-order valence-corrected chi connectivity index (χ3v) is 3.33. The zero-order valence-corrected chi connectivity index (χ0v) is 12.8. The number of amides is 1. The lowest BCUT2D eigenvalue weighted by molar-refractivity contribution is 0.0682. The SMILES string of the molecule is O=C(O)c1ccc(C(=O)O)c(NC(=O)c2cc(O)c(C(=O)O)cc2O)c1. The molecule has 0 unspecified atom stereocenters. The van der Waals surface area contributed by atoms with Crippen molar-refractivity contribution in [3.63, 3.8) is 0 Å². The number of benzene rings is 2. The van der Waals surface area contributed by atoms with Crippen LogP contribution in [0.3, 0.4) is 0 Å². The Morgan fingerprint density at radius 2 is 1.23 bits per heavy atom. The molecule has 0 atom stereocenters. The van der Waals surface area contributed by atoms with Gasteiger partial charge in [0.25, 0.3) is 5.91 Å². The lowest BCUT2D eigenvalue weighted by Crippen LogP contribution is -2.16. The van der Waals surface area contributed by atoms with E-state index in [9.17, 15) is 29.4 Å². The molecule has 0 spiro atoms. The molecule has 1 amide bonds. The van der Waals surface area contributed by atoms with Gasteiger partial charge in [0.15, 0.2) is 0 Å². The first-order valence-corrected chi connectivity index (χ1v) is 6.83. The summed E-state index contributed by atoms with van der Waals surface area (Å²) in [4.78, 5) is 45.3. The highest BCUT2D eigenvalue weighted by atomic mass is 16.4. The van der Waals surface area contributed by atoms with Crippen molar-refractivity contribution in [2.45, 2.75) is 0 Å². The quantitative estimate of drug-likeness (QED) is 0.429. The van der Waals surface area contributed by atoms with Crippen LogP contribution >= 0.6 is 0 Å². The number of rotatable bonds is 5. The summed E-state index contributed by atoms with van der Waals surface area (Å²) in [6, 6.07) is 4.26. The number of phenols is 2. The molecule has 0 fully saturated rings. The summed E-state index contributed by atoms with van der Waals surface area (Å²) in [5.74, 6) is -6.98. The smallest absolute Gasteiger partial charge is 0.339 e. The van der Waals surface area contributed by atoms with Crippen LogP contribution in [0.2, 0.25) is 0 Å². The number of carbonyl (C=O) groups is 4. The number of carboxylic acid groups (broad SMARTS) is 3. The van der Waals surface area contributed by atoms with Gasteiger partial charge in [0.05, 0.1) is 22.4 Å². The van der Waals surface area contributed by atoms with E-state index >= 15 is 0 Å². The number of anilines is 1. The van der Waals surface area contributed by atoms with E-state index in [-0.39, 0.29) is 11.3 Å². The first kappa shape index (κ1) is 18.3. The third-order valence-electron chi connectivity index (χ3n) is 3.33. The zero-order valence-electron chi connectivity index (χ0n) is 12.8. The number of phenolic OH excluding ortho intramolecular Hbond substituents is 1. The Morgan fingerprint density at radius 1 is 0.692 bits per heavy atom. The summed E-state index contributed by atoms with van der Waals surface area (Å²) in [5, 5.41) is 48.5. The predicted molar refractivity (Wildman–Crippen MR) is 85.0 cm³/mol. The molecular weight excluding hydrogens is 350 g/mol. The number of aromatic hydroxyl groups is 2. The molecule has 0 aliphatic rings. The molecule has 0 saturated heterocycles. The molecule has 10 nitrogen and oxygen atoms in total. The van der Waals surface area contributed by atoms with E-state index in [2.05, 4.69) is 5.32 Å². The predicted octanol–water partition coefficient (Wildman–Crippen LogP) is 1.44. The van der Waals surface area contributed by atoms with E-state index < -0.39 is 52.0 Å². The van der Waals surface area contributed by atoms with E-state index in [1.165, 1.54) is 0 Å². The number of nitrogens with one attached hydrogen (secondary N) is 1. The Balaban J connectivity index is 2.46. The van der Waals surface area contributed by atoms with Crippen molar-refractivity contribution in [2.75, 3.05) is 5.32 Å². The van der Waals surface area contributed by atoms with Crippen molar-refractivity contribution in [1.82, 2.24) is 0 Å². The lowest BCUT2D eigenvalue weighted by atomic mass is 10.1. The number of carboxylic acids is 3. The number of hydrogen-bond donors (Lipinski definition) is 6. The average Bonchev–Trinajstić information content (AvgIpc) is 2.55. The maximum atomic E-state index is 12.3. The van der Waals surface area contributed by atoms with Gasteiger partial charge in [-0.05, 0) is 30.3 Å². The minimum absolute atomic E-state index is 0.293. The number of carbonyl (C=O) groups excluding carboxylic acids is 1. The van der Waals surface area contributed by atoms with E-state index in [0.717, 1.165) is 18.2 Å². The van der Waals surface area contributed by atoms with Gasteiger partial charge in [-0.25, -0.2) is 14.4 Å². The van der Waals surface area contributed by atoms with E-state index in [1.807, 2.05) is 0 Å². The molecule has 2 aromatic rings. The molecule has 10 heteroatoms. The summed E-state index contributed by atoms with van der Waals surface area (Å²) >= 11 is 0. The first-order chi connectivity index (χ1) is 12.1. The highest BCUT2D eigenvalue weighted by Crippen LogP contribution is 2.28. The third kappa shape index (κ3) is 3.53. The zero-order chi connectivity index (χ0) is 19.6. The Kier molecular flexibility index (Phi) is 4.78. The van der Waals surface area contributed by atoms with Crippen molar-refractivity contribution in [3.05, 3.63) is 52.6 Å². The van der Waals surface area contributed by atoms with Gasteiger partial charge in [-0.1, -0.05) is 0 Å². The molecular formula is C16H11NO9. The van der Waals surface area contributed by atoms with Crippen LogP contribution in [0, 0.1) is 0 Å². The van der Waals surface area contributed by atoms with Gasteiger partial charge in [0.2, 0.25) is 0 Å². The van der Waals surface area contributed by atoms with Crippen LogP contribution in [0.25, 0.3) is 0 Å². The Morgan fingerprint density at radius 3 is 1.77 bits per heavy atom. The van der Waals surface area contributed by atoms with Crippen molar-refractivity contribution in [2.24, 2.45) is 0 Å². The Bertz CT molecular complexity index is 949. The minimum Gasteiger partial charge on any atom is -0.507 e. The fourth-order valence-electron chi connectivity index (χ4n) is 2.09. The van der Waals surface area contributed by atoms with Gasteiger partial charge >= 0.3 is 17.9 Å². The largest absolute Gasteiger partial charge is 0.507 e. The molecule has 0 radical (unpaired) electrons. The maximum absolute atomic E-state index is 12.3. The molecule has 0 aliphatic heterocycles. The number of hydrogen-bond acceptors (Lipinski definition) is 6. The van der Waals surface area contributed by atoms with Crippen LogP contribution in [0.4, 0.5) is 5.69 Å². The summed E-state index contributed by atoms with van der Waals surface area (Å²) < 4.78 is 0. The normalized spacial score (nSPS) is 10.2. The van der Waals surface area contributed by atoms with Gasteiger partial charge in [-0.15, -0.1) is 0 Å². The average molecular weight is 361 g/mol. The van der Waals surface area contributed by atoms with Crippen LogP contribution in [0.5, 0.6) is 11.5 Å². The van der Waals surface area contributed by atoms with Crippen molar-refractivity contribution < 1.29 is 44.7 Å². The summed E-state index contributed by atoms with van der Waals surface area (Å²) in [6.07, 6.45) is 0. The molecule has 0 aromatic heterocycles. The second-order valence-corrected chi connectivity index (χ2v) is 5.02. The molecule has 2 rings (SSSR count). The van der Waals surface area contributed by atoms with Crippen molar-refractivity contribution in [3.8, 4) is 11.5 Å². The van der Waals surface area contributed by atoms with Crippen molar-refractivity contribution >= 4 is 29.5 Å². The highest BCUT2D eigenvalue weighted by molar-refractivity contribution is 6.10. The van der Waals surface area contributed by atoms with Gasteiger partial charge in [-0.3, -0.25) is 4.79 Å². The topological polar surface area (TPSA) is 181 Å². The molecule has 6 N–H and O–H groups in total. The monoisotopic (exact) mass is 361 g/mol. The van der Waals surface area contributed by atoms with Gasteiger partial charge in [-0.2, -0.15) is 0 Å². The summed E-state index contributed by atoms with van der Waals surface area (Å²) in [7, 11) is 0. The molecule has 0 bridgehead atoms. The van der Waals surface area contributed by atoms with Crippen LogP contribution in [-0.4, -0.2) is 49.3 Å². The van der Waals surface area contributed by atoms with Gasteiger partial charge in [0.1, 0.15) is 17.1 Å². The Labute approximate surface area is 144 Å². The van der Waals surface area contributed by atoms with Crippen LogP contribution in [-0.2, 0) is 0 Å². The van der Waals surface area contributed by atoms with Crippen LogP contribution in [0.1, 0.15) is 41.4 Å². The fraction of sp³-hybridized carbons (Fsp3) is 0. The molecule has 0 heterocycles. The highest BCUT2D eigenvalue weighted by Gasteiger charge is 2.21. The van der Waals surface area contributed by atoms with E-state index in [0.29, 0.717) is 12.1 Å². The molecule has 0 saturated carbocycles. The first-order valence-electron chi connectivity index (χ1n) is 6.83. The molecule has 2 aromatic carbocycles. The maximum Gasteiger partial charge on any atom is 0.339 e. The lowest BCUT2D eigenvalue weighted by Gasteiger charge is -2.11. The second kappa shape index (κ2) is 6.81. The Hall–Kier alpha value is -4.08. The standard InChI is InChI=1S/C16H11NO9/c18-11-5-9(16(25)26)12(19)4-8(11)13(20)17-10-3-6(14(21)22)1-2-7(10)15(23)24/h1-5,18-19H,(H,17,20)(H,21,22)(H,23,24)(H,25,26). The van der Waals surface area contributed by atoms with E-state index in [1.54, 1.807) is 0 Å². The van der Waals surface area contributed by atoms with Gasteiger partial charge in [0, 0.05) is 0 Å². The fourth-order valence-corrected chi connectivity index (χ4v) is 2.09. The second-order valence-electron chi connectivity index (χ2n) is 5.02. The molecule has 0 aliphatic carbocycles. The van der Waals surface area contributed by atoms with Crippen LogP contribution in [0.15, 0.2) is 30.3 Å². The summed E-state index contributed by atoms with van der Waals surface area (Å²) in [6.45, 7) is 0. The summed E-state index contributed by atoms with van der Waals surface area (Å²) in [5.41, 5.74) is -2.24. The minimum atomic E-state index is -1.54. The van der Waals surface area contributed by atoms with Crippen molar-refractivity contribution in [1.29, 1.82) is 0 Å². The molecule has 134 valence electrons. The number of aromatic carboxylic acids is 3. The van der Waals surface area contributed by atoms with Crippen LogP contribution < -0.4 is 5.32 Å². The molecule has 26 heavy (non-hydrogen) atoms. The van der Waals surface area contributed by atoms with Gasteiger partial charge < -0.3 is 30.8 Å². The van der Waals surface area contributed by atoms with E-state index in [4.69, 9.17) is 15.3 Å².